The minimum Gasteiger partial charge on any atom is -0.375 e. The summed E-state index contributed by atoms with van der Waals surface area (Å²) in [5.74, 6) is -0.462. The molecule has 1 aliphatic rings. The number of benzene rings is 3. The van der Waals surface area contributed by atoms with E-state index in [0.29, 0.717) is 31.5 Å². The lowest BCUT2D eigenvalue weighted by molar-refractivity contribution is -0.122. The lowest BCUT2D eigenvalue weighted by Gasteiger charge is -2.22. The first-order valence-electron chi connectivity index (χ1n) is 12.3. The first-order valence-corrected chi connectivity index (χ1v) is 13.8. The third-order valence-electron chi connectivity index (χ3n) is 6.35. The molecular weight excluding hydrogens is 488 g/mol. The van der Waals surface area contributed by atoms with E-state index in [1.807, 2.05) is 67.7 Å². The summed E-state index contributed by atoms with van der Waals surface area (Å²) in [6.45, 7) is 1.16. The highest BCUT2D eigenvalue weighted by Gasteiger charge is 2.27. The van der Waals surface area contributed by atoms with Crippen molar-refractivity contribution >= 4 is 33.2 Å². The molecular formula is C28H32N4O4S. The zero-order valence-corrected chi connectivity index (χ0v) is 21.6. The molecule has 0 aliphatic carbocycles. The molecule has 4 rings (SSSR count). The Balaban J connectivity index is 1.42. The zero-order chi connectivity index (χ0) is 26.3. The van der Waals surface area contributed by atoms with E-state index in [0.717, 1.165) is 23.4 Å². The average molecular weight is 521 g/mol. The van der Waals surface area contributed by atoms with Crippen LogP contribution in [-0.4, -0.2) is 46.4 Å². The summed E-state index contributed by atoms with van der Waals surface area (Å²) >= 11 is 0. The Morgan fingerprint density at radius 2 is 1.70 bits per heavy atom. The molecule has 37 heavy (non-hydrogen) atoms. The van der Waals surface area contributed by atoms with Crippen LogP contribution < -0.4 is 20.3 Å². The van der Waals surface area contributed by atoms with E-state index in [2.05, 4.69) is 20.3 Å². The molecule has 3 aromatic carbocycles. The van der Waals surface area contributed by atoms with Crippen LogP contribution in [0, 0.1) is 0 Å². The highest BCUT2D eigenvalue weighted by Crippen LogP contribution is 2.25. The number of nitrogens with one attached hydrogen (secondary N) is 3. The molecule has 1 unspecified atom stereocenters. The number of hydrogen-bond acceptors (Lipinski definition) is 5. The third kappa shape index (κ3) is 7.18. The van der Waals surface area contributed by atoms with Gasteiger partial charge in [-0.1, -0.05) is 48.5 Å². The van der Waals surface area contributed by atoms with Crippen LogP contribution in [0.15, 0.2) is 83.8 Å². The lowest BCUT2D eigenvalue weighted by atomic mass is 10.0. The van der Waals surface area contributed by atoms with Gasteiger partial charge in [0.1, 0.15) is 6.04 Å². The maximum absolute atomic E-state index is 13.3. The number of sulfonamides is 1. The van der Waals surface area contributed by atoms with E-state index in [-0.39, 0.29) is 23.1 Å². The van der Waals surface area contributed by atoms with Crippen molar-refractivity contribution in [2.45, 2.75) is 36.6 Å². The number of carbonyl (C=O) groups is 2. The van der Waals surface area contributed by atoms with Gasteiger partial charge >= 0.3 is 0 Å². The average Bonchev–Trinajstić information content (AvgIpc) is 2.91. The highest BCUT2D eigenvalue weighted by atomic mass is 32.2. The molecule has 0 bridgehead atoms. The number of hydrogen-bond donors (Lipinski definition) is 3. The minimum absolute atomic E-state index is 0.0674. The SMILES string of the molecule is CN(CCCNC(=O)C(Cc1ccccc1)NS(=O)(=O)c1ccc2c(c1)CCC(=O)N2)c1ccccc1. The molecule has 0 saturated heterocycles. The van der Waals surface area contributed by atoms with Crippen LogP contribution in [0.1, 0.15) is 24.0 Å². The van der Waals surface area contributed by atoms with E-state index in [9.17, 15) is 18.0 Å². The van der Waals surface area contributed by atoms with Gasteiger partial charge in [0.15, 0.2) is 0 Å². The molecule has 9 heteroatoms. The Kier molecular flexibility index (Phi) is 8.58. The maximum Gasteiger partial charge on any atom is 0.241 e. The summed E-state index contributed by atoms with van der Waals surface area (Å²) in [6, 6.07) is 22.9. The Morgan fingerprint density at radius 1 is 1.00 bits per heavy atom. The number of carbonyl (C=O) groups excluding carboxylic acids is 2. The number of anilines is 2. The van der Waals surface area contributed by atoms with Crippen molar-refractivity contribution in [3.8, 4) is 0 Å². The molecule has 0 saturated carbocycles. The van der Waals surface area contributed by atoms with E-state index in [1.54, 1.807) is 12.1 Å². The Hall–Kier alpha value is -3.69. The van der Waals surface area contributed by atoms with E-state index in [4.69, 9.17) is 0 Å². The van der Waals surface area contributed by atoms with Gasteiger partial charge in [-0.3, -0.25) is 9.59 Å². The summed E-state index contributed by atoms with van der Waals surface area (Å²) in [6.07, 6.45) is 1.70. The van der Waals surface area contributed by atoms with Gasteiger partial charge in [-0.25, -0.2) is 8.42 Å². The zero-order valence-electron chi connectivity index (χ0n) is 20.8. The van der Waals surface area contributed by atoms with Crippen molar-refractivity contribution < 1.29 is 18.0 Å². The molecule has 194 valence electrons. The number of nitrogens with zero attached hydrogens (tertiary/aromatic N) is 1. The van der Waals surface area contributed by atoms with Crippen molar-refractivity contribution in [3.63, 3.8) is 0 Å². The summed E-state index contributed by atoms with van der Waals surface area (Å²) in [5, 5.41) is 5.65. The fourth-order valence-electron chi connectivity index (χ4n) is 4.28. The predicted octanol–water partition coefficient (Wildman–Crippen LogP) is 3.10. The van der Waals surface area contributed by atoms with Crippen LogP contribution in [0.4, 0.5) is 11.4 Å². The smallest absolute Gasteiger partial charge is 0.241 e. The van der Waals surface area contributed by atoms with E-state index < -0.39 is 16.1 Å². The lowest BCUT2D eigenvalue weighted by Crippen LogP contribution is -2.48. The highest BCUT2D eigenvalue weighted by molar-refractivity contribution is 7.89. The molecule has 0 radical (unpaired) electrons. The quantitative estimate of drug-likeness (QED) is 0.337. The summed E-state index contributed by atoms with van der Waals surface area (Å²) in [5.41, 5.74) is 3.32. The van der Waals surface area contributed by atoms with Crippen molar-refractivity contribution in [1.82, 2.24) is 10.0 Å². The number of amides is 2. The molecule has 0 fully saturated rings. The number of fused-ring (bicyclic) bond motifs is 1. The molecule has 3 N–H and O–H groups in total. The standard InChI is InChI=1S/C28H32N4O4S/c1-32(23-11-6-3-7-12-23)18-8-17-29-28(34)26(19-21-9-4-2-5-10-21)31-37(35,36)24-14-15-25-22(20-24)13-16-27(33)30-25/h2-7,9-12,14-15,20,26,31H,8,13,16-19H2,1H3,(H,29,34)(H,30,33). The maximum atomic E-state index is 13.3. The number of para-hydroxylation sites is 1. The minimum atomic E-state index is -3.98. The summed E-state index contributed by atoms with van der Waals surface area (Å²) < 4.78 is 29.2. The second-order valence-corrected chi connectivity index (χ2v) is 10.8. The molecule has 0 spiro atoms. The fourth-order valence-corrected chi connectivity index (χ4v) is 5.53. The molecule has 1 heterocycles. The van der Waals surface area contributed by atoms with Gasteiger partial charge < -0.3 is 15.5 Å². The van der Waals surface area contributed by atoms with Gasteiger partial charge in [0, 0.05) is 37.9 Å². The fraction of sp³-hybridized carbons (Fsp3) is 0.286. The van der Waals surface area contributed by atoms with Gasteiger partial charge in [0.05, 0.1) is 4.90 Å². The summed E-state index contributed by atoms with van der Waals surface area (Å²) in [4.78, 5) is 26.9. The summed E-state index contributed by atoms with van der Waals surface area (Å²) in [7, 11) is -1.99. The molecule has 8 nitrogen and oxygen atoms in total. The van der Waals surface area contributed by atoms with Crippen LogP contribution in [0.3, 0.4) is 0 Å². The van der Waals surface area contributed by atoms with Crippen molar-refractivity contribution in [2.75, 3.05) is 30.4 Å². The number of rotatable bonds is 11. The monoisotopic (exact) mass is 520 g/mol. The third-order valence-corrected chi connectivity index (χ3v) is 7.81. The van der Waals surface area contributed by atoms with Gasteiger partial charge in [0.25, 0.3) is 0 Å². The van der Waals surface area contributed by atoms with Crippen LogP contribution in [-0.2, 0) is 32.5 Å². The first kappa shape index (κ1) is 26.4. The van der Waals surface area contributed by atoms with Gasteiger partial charge in [-0.15, -0.1) is 0 Å². The predicted molar refractivity (Wildman–Crippen MR) is 145 cm³/mol. The van der Waals surface area contributed by atoms with E-state index >= 15 is 0 Å². The Labute approximate surface area is 218 Å². The molecule has 1 atom stereocenters. The number of aryl methyl sites for hydroxylation is 1. The van der Waals surface area contributed by atoms with Gasteiger partial charge in [-0.2, -0.15) is 4.72 Å². The van der Waals surface area contributed by atoms with Crippen molar-refractivity contribution in [3.05, 3.63) is 90.0 Å². The molecule has 2 amide bonds. The van der Waals surface area contributed by atoms with Gasteiger partial charge in [0.2, 0.25) is 21.8 Å². The van der Waals surface area contributed by atoms with E-state index in [1.165, 1.54) is 6.07 Å². The van der Waals surface area contributed by atoms with Crippen molar-refractivity contribution in [2.24, 2.45) is 0 Å². The van der Waals surface area contributed by atoms with Crippen LogP contribution in [0.25, 0.3) is 0 Å². The largest absolute Gasteiger partial charge is 0.375 e. The Bertz CT molecular complexity index is 1330. The molecule has 3 aromatic rings. The van der Waals surface area contributed by atoms with Crippen molar-refractivity contribution in [1.29, 1.82) is 0 Å². The van der Waals surface area contributed by atoms with Crippen LogP contribution in [0.5, 0.6) is 0 Å². The Morgan fingerprint density at radius 3 is 2.43 bits per heavy atom. The van der Waals surface area contributed by atoms with Gasteiger partial charge in [-0.05, 0) is 60.7 Å². The van der Waals surface area contributed by atoms with Crippen LogP contribution in [0.2, 0.25) is 0 Å². The molecule has 0 aromatic heterocycles. The first-order chi connectivity index (χ1) is 17.8. The van der Waals surface area contributed by atoms with Crippen LogP contribution >= 0.6 is 0 Å². The molecule has 1 aliphatic heterocycles. The normalized spacial score (nSPS) is 13.8. The topological polar surface area (TPSA) is 108 Å². The second kappa shape index (κ2) is 12.0. The second-order valence-electron chi connectivity index (χ2n) is 9.13.